The van der Waals surface area contributed by atoms with E-state index in [0.717, 1.165) is 50.4 Å². The molecule has 6 rings (SSSR count). The lowest BCUT2D eigenvalue weighted by Gasteiger charge is -2.37. The average molecular weight is 787 g/mol. The molecule has 0 spiro atoms. The SMILES string of the molecule is Cc1cccc(C)c1NC(=O)c1cnc(Nc2ccc(OCCN3CCN(C(C)C)CC3)c(F)c2)nc1Oc1ccc(C(=O)N2CCN(C(C)C)CC2)cc1Cl. The zero-order valence-corrected chi connectivity index (χ0v) is 33.8. The van der Waals surface area contributed by atoms with Crippen molar-refractivity contribution in [3.63, 3.8) is 0 Å². The topological polar surface area (TPSA) is 115 Å². The number of carbonyl (C=O) groups excluding carboxylic acids is 2. The number of aromatic nitrogens is 2. The van der Waals surface area contributed by atoms with Gasteiger partial charge in [0.25, 0.3) is 11.8 Å². The van der Waals surface area contributed by atoms with Crippen molar-refractivity contribution in [1.29, 1.82) is 0 Å². The number of aryl methyl sites for hydroxylation is 2. The summed E-state index contributed by atoms with van der Waals surface area (Å²) >= 11 is 6.71. The van der Waals surface area contributed by atoms with E-state index in [9.17, 15) is 9.59 Å². The molecule has 2 amide bonds. The predicted octanol–water partition coefficient (Wildman–Crippen LogP) is 7.25. The van der Waals surface area contributed by atoms with Gasteiger partial charge in [-0.2, -0.15) is 4.98 Å². The highest BCUT2D eigenvalue weighted by Crippen LogP contribution is 2.33. The zero-order valence-electron chi connectivity index (χ0n) is 33.1. The molecular weight excluding hydrogens is 735 g/mol. The number of carbonyl (C=O) groups is 2. The molecule has 0 atom stereocenters. The summed E-state index contributed by atoms with van der Waals surface area (Å²) in [5.41, 5.74) is 3.26. The molecule has 56 heavy (non-hydrogen) atoms. The van der Waals surface area contributed by atoms with Crippen molar-refractivity contribution in [2.24, 2.45) is 0 Å². The Bertz CT molecular complexity index is 1990. The lowest BCUT2D eigenvalue weighted by molar-refractivity contribution is 0.0595. The predicted molar refractivity (Wildman–Crippen MR) is 218 cm³/mol. The molecule has 3 aromatic carbocycles. The van der Waals surface area contributed by atoms with Crippen LogP contribution < -0.4 is 20.1 Å². The molecule has 2 aliphatic heterocycles. The maximum atomic E-state index is 15.2. The van der Waals surface area contributed by atoms with E-state index in [1.807, 2.05) is 36.9 Å². The molecule has 2 aliphatic rings. The highest BCUT2D eigenvalue weighted by atomic mass is 35.5. The Morgan fingerprint density at radius 1 is 0.857 bits per heavy atom. The van der Waals surface area contributed by atoms with Crippen molar-refractivity contribution >= 4 is 40.7 Å². The summed E-state index contributed by atoms with van der Waals surface area (Å²) in [5.74, 6) is -0.854. The number of amides is 2. The van der Waals surface area contributed by atoms with Gasteiger partial charge in [0.05, 0.1) is 5.02 Å². The van der Waals surface area contributed by atoms with Gasteiger partial charge in [0, 0.05) is 100 Å². The number of hydrogen-bond donors (Lipinski definition) is 2. The Morgan fingerprint density at radius 2 is 1.50 bits per heavy atom. The number of nitrogens with one attached hydrogen (secondary N) is 2. The molecule has 2 N–H and O–H groups in total. The van der Waals surface area contributed by atoms with Crippen LogP contribution in [0.15, 0.2) is 60.8 Å². The first-order valence-electron chi connectivity index (χ1n) is 19.3. The third-order valence-corrected chi connectivity index (χ3v) is 10.7. The van der Waals surface area contributed by atoms with Gasteiger partial charge in [-0.15, -0.1) is 0 Å². The summed E-state index contributed by atoms with van der Waals surface area (Å²) in [7, 11) is 0. The smallest absolute Gasteiger partial charge is 0.262 e. The highest BCUT2D eigenvalue weighted by Gasteiger charge is 2.25. The number of nitrogens with zero attached hydrogens (tertiary/aromatic N) is 6. The first kappa shape index (κ1) is 40.8. The largest absolute Gasteiger partial charge is 0.489 e. The Kier molecular flexibility index (Phi) is 13.4. The molecule has 14 heteroatoms. The molecule has 2 saturated heterocycles. The van der Waals surface area contributed by atoms with Crippen LogP contribution in [0.4, 0.5) is 21.7 Å². The van der Waals surface area contributed by atoms with Crippen molar-refractivity contribution in [1.82, 2.24) is 29.6 Å². The van der Waals surface area contributed by atoms with Crippen LogP contribution in [0, 0.1) is 19.7 Å². The van der Waals surface area contributed by atoms with Gasteiger partial charge in [-0.3, -0.25) is 24.3 Å². The minimum Gasteiger partial charge on any atom is -0.489 e. The number of para-hydroxylation sites is 1. The van der Waals surface area contributed by atoms with E-state index < -0.39 is 11.7 Å². The van der Waals surface area contributed by atoms with E-state index in [1.54, 1.807) is 30.3 Å². The van der Waals surface area contributed by atoms with Crippen LogP contribution in [-0.2, 0) is 0 Å². The average Bonchev–Trinajstić information content (AvgIpc) is 3.18. The second kappa shape index (κ2) is 18.4. The Hall–Kier alpha value is -4.82. The van der Waals surface area contributed by atoms with Crippen molar-refractivity contribution in [2.75, 3.05) is 76.1 Å². The molecule has 3 heterocycles. The number of halogens is 2. The van der Waals surface area contributed by atoms with Gasteiger partial charge < -0.3 is 25.0 Å². The Labute approximate surface area is 333 Å². The van der Waals surface area contributed by atoms with Gasteiger partial charge in [0.1, 0.15) is 17.9 Å². The molecule has 0 saturated carbocycles. The molecular formula is C42H52ClFN8O4. The minimum absolute atomic E-state index is 0.0398. The van der Waals surface area contributed by atoms with Crippen molar-refractivity contribution < 1.29 is 23.5 Å². The number of anilines is 3. The van der Waals surface area contributed by atoms with Crippen LogP contribution in [0.3, 0.4) is 0 Å². The standard InChI is InChI=1S/C42H52ClFN8O4/c1-27(2)50-16-14-49(15-17-50)22-23-55-37-13-11-32(25-35(37)44)46-42-45-26-33(39(53)47-38-29(5)8-7-9-30(38)6)40(48-42)56-36-12-10-31(24-34(36)43)41(54)52-20-18-51(19-21-52)28(3)4/h7-13,24-28H,14-23H2,1-6H3,(H,47,53)(H,45,46,48). The monoisotopic (exact) mass is 786 g/mol. The van der Waals surface area contributed by atoms with Gasteiger partial charge in [-0.05, 0) is 83.0 Å². The van der Waals surface area contributed by atoms with Crippen molar-refractivity contribution in [2.45, 2.75) is 53.6 Å². The highest BCUT2D eigenvalue weighted by molar-refractivity contribution is 6.32. The number of piperazine rings is 2. The van der Waals surface area contributed by atoms with E-state index in [0.29, 0.717) is 55.3 Å². The molecule has 1 aromatic heterocycles. The fourth-order valence-electron chi connectivity index (χ4n) is 6.91. The van der Waals surface area contributed by atoms with Crippen molar-refractivity contribution in [3.8, 4) is 17.4 Å². The molecule has 2 fully saturated rings. The third kappa shape index (κ3) is 10.1. The second-order valence-electron chi connectivity index (χ2n) is 14.9. The Balaban J connectivity index is 1.17. The van der Waals surface area contributed by atoms with E-state index >= 15 is 4.39 Å². The molecule has 12 nitrogen and oxygen atoms in total. The number of ether oxygens (including phenoxy) is 2. The summed E-state index contributed by atoms with van der Waals surface area (Å²) in [6.07, 6.45) is 1.34. The third-order valence-electron chi connectivity index (χ3n) is 10.4. The zero-order chi connectivity index (χ0) is 39.9. The molecule has 0 unspecified atom stereocenters. The maximum absolute atomic E-state index is 15.2. The van der Waals surface area contributed by atoms with Gasteiger partial charge >= 0.3 is 0 Å². The summed E-state index contributed by atoms with van der Waals surface area (Å²) in [6, 6.07) is 16.0. The Morgan fingerprint density at radius 3 is 2.12 bits per heavy atom. The normalized spacial score (nSPS) is 15.6. The quantitative estimate of drug-likeness (QED) is 0.144. The lowest BCUT2D eigenvalue weighted by atomic mass is 10.1. The van der Waals surface area contributed by atoms with E-state index in [1.165, 1.54) is 12.3 Å². The molecule has 298 valence electrons. The molecule has 0 bridgehead atoms. The van der Waals surface area contributed by atoms with Gasteiger partial charge in [-0.25, -0.2) is 9.37 Å². The van der Waals surface area contributed by atoms with Crippen LogP contribution in [0.5, 0.6) is 17.4 Å². The van der Waals surface area contributed by atoms with Crippen molar-refractivity contribution in [3.05, 3.63) is 93.9 Å². The fraction of sp³-hybridized carbons (Fsp3) is 0.429. The van der Waals surface area contributed by atoms with Gasteiger partial charge in [0.2, 0.25) is 11.8 Å². The van der Waals surface area contributed by atoms with E-state index in [2.05, 4.69) is 63.0 Å². The first-order valence-corrected chi connectivity index (χ1v) is 19.6. The number of benzene rings is 3. The summed E-state index contributed by atoms with van der Waals surface area (Å²) in [4.78, 5) is 44.9. The summed E-state index contributed by atoms with van der Waals surface area (Å²) in [5, 5.41) is 6.14. The fourth-order valence-corrected chi connectivity index (χ4v) is 7.13. The van der Waals surface area contributed by atoms with Crippen LogP contribution in [-0.4, -0.2) is 119 Å². The maximum Gasteiger partial charge on any atom is 0.262 e. The van der Waals surface area contributed by atoms with Crippen LogP contribution >= 0.6 is 11.6 Å². The number of rotatable bonds is 13. The minimum atomic E-state index is -0.538. The van der Waals surface area contributed by atoms with Gasteiger partial charge in [-0.1, -0.05) is 29.8 Å². The van der Waals surface area contributed by atoms with Crippen LogP contribution in [0.2, 0.25) is 5.02 Å². The molecule has 0 radical (unpaired) electrons. The van der Waals surface area contributed by atoms with E-state index in [4.69, 9.17) is 21.1 Å². The molecule has 4 aromatic rings. The van der Waals surface area contributed by atoms with Crippen LogP contribution in [0.25, 0.3) is 0 Å². The lowest BCUT2D eigenvalue weighted by Crippen LogP contribution is -2.50. The molecule has 0 aliphatic carbocycles. The van der Waals surface area contributed by atoms with Crippen LogP contribution in [0.1, 0.15) is 59.5 Å². The first-order chi connectivity index (χ1) is 26.9. The summed E-state index contributed by atoms with van der Waals surface area (Å²) < 4.78 is 27.2. The second-order valence-corrected chi connectivity index (χ2v) is 15.3. The van der Waals surface area contributed by atoms with E-state index in [-0.39, 0.29) is 39.8 Å². The summed E-state index contributed by atoms with van der Waals surface area (Å²) in [6.45, 7) is 20.4. The number of hydrogen-bond acceptors (Lipinski definition) is 10. The van der Waals surface area contributed by atoms with Gasteiger partial charge in [0.15, 0.2) is 11.6 Å².